The smallest absolute Gasteiger partial charge is 0.305 e. The number of carboxylic acid groups (broad SMARTS) is 2. The van der Waals surface area contributed by atoms with Gasteiger partial charge in [-0.15, -0.1) is 0 Å². The summed E-state index contributed by atoms with van der Waals surface area (Å²) in [7, 11) is 1.42. The average Bonchev–Trinajstić information content (AvgIpc) is 2.80. The summed E-state index contributed by atoms with van der Waals surface area (Å²) < 4.78 is 4.60. The Bertz CT molecular complexity index is 466. The van der Waals surface area contributed by atoms with Crippen LogP contribution in [-0.2, 0) is 19.1 Å². The van der Waals surface area contributed by atoms with Crippen molar-refractivity contribution in [2.24, 2.45) is 0 Å². The van der Waals surface area contributed by atoms with Gasteiger partial charge in [-0.2, -0.15) is 0 Å². The van der Waals surface area contributed by atoms with E-state index in [0.29, 0.717) is 32.1 Å². The number of carbonyl (C=O) groups excluding carboxylic acids is 1. The van der Waals surface area contributed by atoms with Gasteiger partial charge in [0.15, 0.2) is 0 Å². The molecule has 0 spiro atoms. The molecule has 210 valence electrons. The summed E-state index contributed by atoms with van der Waals surface area (Å²) in [4.78, 5) is 30.1. The molecule has 35 heavy (non-hydrogen) atoms. The van der Waals surface area contributed by atoms with Crippen LogP contribution in [0.15, 0.2) is 0 Å². The third-order valence-electron chi connectivity index (χ3n) is 5.30. The molecule has 0 saturated heterocycles. The summed E-state index contributed by atoms with van der Waals surface area (Å²) in [5.41, 5.74) is 0. The maximum absolute atomic E-state index is 10.9. The lowest BCUT2D eigenvalue weighted by Crippen LogP contribution is -2.13. The molecular formula is C27H54O8. The molecule has 0 aromatic rings. The van der Waals surface area contributed by atoms with Gasteiger partial charge in [0.1, 0.15) is 0 Å². The van der Waals surface area contributed by atoms with Crippen LogP contribution in [0.4, 0.5) is 0 Å². The number of ether oxygens (including phenoxy) is 1. The van der Waals surface area contributed by atoms with Crippen molar-refractivity contribution in [3.63, 3.8) is 0 Å². The molecule has 0 aliphatic heterocycles. The fourth-order valence-electron chi connectivity index (χ4n) is 3.19. The summed E-state index contributed by atoms with van der Waals surface area (Å²) in [6.45, 7) is 5.87. The maximum atomic E-state index is 10.9. The molecule has 2 unspecified atom stereocenters. The Kier molecular flexibility index (Phi) is 32.9. The molecule has 2 atom stereocenters. The van der Waals surface area contributed by atoms with Gasteiger partial charge in [-0.3, -0.25) is 14.4 Å². The Hall–Kier alpha value is -1.67. The van der Waals surface area contributed by atoms with E-state index in [-0.39, 0.29) is 18.2 Å². The van der Waals surface area contributed by atoms with Crippen LogP contribution in [0, 0.1) is 0 Å². The van der Waals surface area contributed by atoms with Gasteiger partial charge in [-0.25, -0.2) is 0 Å². The van der Waals surface area contributed by atoms with Crippen molar-refractivity contribution < 1.29 is 39.5 Å². The minimum atomic E-state index is -0.711. The van der Waals surface area contributed by atoms with Gasteiger partial charge in [-0.05, 0) is 44.9 Å². The topological polar surface area (TPSA) is 141 Å². The third-order valence-corrected chi connectivity index (χ3v) is 5.30. The molecular weight excluding hydrogens is 452 g/mol. The summed E-state index contributed by atoms with van der Waals surface area (Å²) in [5.74, 6) is -1.55. The second-order valence-corrected chi connectivity index (χ2v) is 8.90. The Morgan fingerprint density at radius 3 is 1.31 bits per heavy atom. The minimum Gasteiger partial charge on any atom is -0.481 e. The number of aliphatic hydroxyl groups excluding tert-OH is 2. The van der Waals surface area contributed by atoms with Crippen LogP contribution in [0.2, 0.25) is 0 Å². The van der Waals surface area contributed by atoms with Gasteiger partial charge in [0.05, 0.1) is 19.3 Å². The third kappa shape index (κ3) is 39.8. The summed E-state index contributed by atoms with van der Waals surface area (Å²) in [6, 6.07) is 0. The first-order chi connectivity index (χ1) is 16.6. The van der Waals surface area contributed by atoms with E-state index in [1.165, 1.54) is 26.4 Å². The van der Waals surface area contributed by atoms with Crippen LogP contribution in [-0.4, -0.2) is 57.7 Å². The molecule has 0 aliphatic rings. The minimum absolute atomic E-state index is 0.131. The highest BCUT2D eigenvalue weighted by molar-refractivity contribution is 5.69. The predicted octanol–water partition coefficient (Wildman–Crippen LogP) is 6.10. The first-order valence-electron chi connectivity index (χ1n) is 13.5. The summed E-state index contributed by atoms with van der Waals surface area (Å²) in [5, 5.41) is 35.7. The number of unbranched alkanes of at least 4 members (excludes halogenated alkanes) is 7. The maximum Gasteiger partial charge on any atom is 0.305 e. The number of carboxylic acids is 2. The van der Waals surface area contributed by atoms with E-state index in [2.05, 4.69) is 11.7 Å². The molecule has 0 aliphatic carbocycles. The predicted molar refractivity (Wildman–Crippen MR) is 139 cm³/mol. The number of hydrogen-bond acceptors (Lipinski definition) is 6. The zero-order valence-electron chi connectivity index (χ0n) is 22.8. The molecule has 0 radical (unpaired) electrons. The van der Waals surface area contributed by atoms with Crippen molar-refractivity contribution in [2.45, 2.75) is 149 Å². The Labute approximate surface area is 213 Å². The van der Waals surface area contributed by atoms with E-state index in [4.69, 9.17) is 10.2 Å². The van der Waals surface area contributed by atoms with Crippen molar-refractivity contribution in [1.82, 2.24) is 0 Å². The van der Waals surface area contributed by atoms with Crippen molar-refractivity contribution in [1.29, 1.82) is 0 Å². The standard InChI is InChI=1S/C19H38O4.2C4H8O2/c1-3-4-5-9-12-17(20)15-16-18(21)13-10-7-6-8-11-14-19(22)23-2;2*1-2-3-4(5)6/h17-18,20-21H,3-16H2,1-2H3;2*2-3H2,1H3,(H,5,6). The SMILES string of the molecule is CCCC(=O)O.CCCC(=O)O.CCCCCCC(O)CCC(O)CCCCCCCC(=O)OC. The van der Waals surface area contributed by atoms with Crippen molar-refractivity contribution >= 4 is 17.9 Å². The monoisotopic (exact) mass is 506 g/mol. The molecule has 0 aromatic carbocycles. The van der Waals surface area contributed by atoms with E-state index in [9.17, 15) is 24.6 Å². The van der Waals surface area contributed by atoms with E-state index in [1.54, 1.807) is 0 Å². The van der Waals surface area contributed by atoms with E-state index in [1.807, 2.05) is 13.8 Å². The lowest BCUT2D eigenvalue weighted by atomic mass is 10.0. The van der Waals surface area contributed by atoms with Gasteiger partial charge < -0.3 is 25.2 Å². The van der Waals surface area contributed by atoms with Crippen LogP contribution < -0.4 is 0 Å². The van der Waals surface area contributed by atoms with Crippen molar-refractivity contribution in [2.75, 3.05) is 7.11 Å². The first-order valence-corrected chi connectivity index (χ1v) is 13.5. The van der Waals surface area contributed by atoms with Gasteiger partial charge in [0, 0.05) is 19.3 Å². The number of methoxy groups -OCH3 is 1. The number of aliphatic carboxylic acids is 2. The van der Waals surface area contributed by atoms with Gasteiger partial charge in [-0.1, -0.05) is 72.1 Å². The quantitative estimate of drug-likeness (QED) is 0.115. The van der Waals surface area contributed by atoms with E-state index < -0.39 is 11.9 Å². The Morgan fingerprint density at radius 1 is 0.571 bits per heavy atom. The van der Waals surface area contributed by atoms with Crippen molar-refractivity contribution in [3.05, 3.63) is 0 Å². The molecule has 0 aromatic heterocycles. The van der Waals surface area contributed by atoms with E-state index >= 15 is 0 Å². The normalized spacial score (nSPS) is 11.8. The second-order valence-electron chi connectivity index (χ2n) is 8.90. The molecule has 0 bridgehead atoms. The molecule has 0 heterocycles. The zero-order valence-corrected chi connectivity index (χ0v) is 22.8. The average molecular weight is 507 g/mol. The summed E-state index contributed by atoms with van der Waals surface area (Å²) >= 11 is 0. The van der Waals surface area contributed by atoms with Crippen LogP contribution in [0.5, 0.6) is 0 Å². The number of hydrogen-bond donors (Lipinski definition) is 4. The fraction of sp³-hybridized carbons (Fsp3) is 0.889. The van der Waals surface area contributed by atoms with Crippen molar-refractivity contribution in [3.8, 4) is 0 Å². The molecule has 8 nitrogen and oxygen atoms in total. The van der Waals surface area contributed by atoms with E-state index in [0.717, 1.165) is 64.2 Å². The Balaban J connectivity index is -0.000000697. The molecule has 0 rings (SSSR count). The van der Waals surface area contributed by atoms with Gasteiger partial charge in [0.25, 0.3) is 0 Å². The summed E-state index contributed by atoms with van der Waals surface area (Å²) in [6.07, 6.45) is 15.0. The lowest BCUT2D eigenvalue weighted by Gasteiger charge is -2.14. The molecule has 0 amide bonds. The molecule has 0 saturated carbocycles. The first kappa shape index (κ1) is 37.9. The number of rotatable bonds is 20. The van der Waals surface area contributed by atoms with Gasteiger partial charge in [0.2, 0.25) is 0 Å². The second kappa shape index (κ2) is 30.4. The highest BCUT2D eigenvalue weighted by atomic mass is 16.5. The van der Waals surface area contributed by atoms with Crippen LogP contribution in [0.1, 0.15) is 136 Å². The lowest BCUT2D eigenvalue weighted by molar-refractivity contribution is -0.141. The van der Waals surface area contributed by atoms with Gasteiger partial charge >= 0.3 is 17.9 Å². The number of carbonyl (C=O) groups is 3. The zero-order chi connectivity index (χ0) is 27.3. The highest BCUT2D eigenvalue weighted by Gasteiger charge is 2.09. The molecule has 4 N–H and O–H groups in total. The van der Waals surface area contributed by atoms with Crippen LogP contribution in [0.25, 0.3) is 0 Å². The number of esters is 1. The number of aliphatic hydroxyl groups is 2. The van der Waals surface area contributed by atoms with Crippen LogP contribution in [0.3, 0.4) is 0 Å². The largest absolute Gasteiger partial charge is 0.481 e. The molecule has 0 fully saturated rings. The Morgan fingerprint density at radius 2 is 0.971 bits per heavy atom. The highest BCUT2D eigenvalue weighted by Crippen LogP contribution is 2.15. The van der Waals surface area contributed by atoms with Crippen LogP contribution >= 0.6 is 0 Å². The molecule has 8 heteroatoms. The fourth-order valence-corrected chi connectivity index (χ4v) is 3.19.